The van der Waals surface area contributed by atoms with E-state index in [1.165, 1.54) is 0 Å². The van der Waals surface area contributed by atoms with Gasteiger partial charge in [0.15, 0.2) is 0 Å². The summed E-state index contributed by atoms with van der Waals surface area (Å²) in [5.41, 5.74) is -0.559. The van der Waals surface area contributed by atoms with Crippen LogP contribution in [0, 0.1) is 0 Å². The number of benzene rings is 1. The van der Waals surface area contributed by atoms with E-state index in [0.717, 1.165) is 10.5 Å². The molecule has 0 heterocycles. The zero-order valence-corrected chi connectivity index (χ0v) is 9.62. The van der Waals surface area contributed by atoms with Crippen LogP contribution in [-0.2, 0) is 5.67 Å². The van der Waals surface area contributed by atoms with Gasteiger partial charge >= 0.3 is 0 Å². The quantitative estimate of drug-likeness (QED) is 0.772. The smallest absolute Gasteiger partial charge is 0.145 e. The molecule has 0 aliphatic rings. The number of likely N-dealkylation sites (N-methyl/N-ethyl adjacent to an activating group) is 1. The third-order valence-corrected chi connectivity index (χ3v) is 2.94. The van der Waals surface area contributed by atoms with Gasteiger partial charge in [-0.05, 0) is 37.9 Å². The highest BCUT2D eigenvalue weighted by Crippen LogP contribution is 2.26. The normalized spacial score (nSPS) is 15.1. The Labute approximate surface area is 89.1 Å². The van der Waals surface area contributed by atoms with E-state index < -0.39 is 5.67 Å². The summed E-state index contributed by atoms with van der Waals surface area (Å²) < 4.78 is 14.0. The number of rotatable bonds is 4. The zero-order valence-electron chi connectivity index (χ0n) is 8.80. The molecule has 0 saturated carbocycles. The summed E-state index contributed by atoms with van der Waals surface area (Å²) in [6, 6.07) is 7.60. The van der Waals surface area contributed by atoms with Crippen molar-refractivity contribution in [3.05, 3.63) is 29.8 Å². The molecule has 1 aromatic carbocycles. The Morgan fingerprint density at radius 1 is 1.36 bits per heavy atom. The summed E-state index contributed by atoms with van der Waals surface area (Å²) in [5.74, 6) is 0. The highest BCUT2D eigenvalue weighted by atomic mass is 32.2. The summed E-state index contributed by atoms with van der Waals surface area (Å²) in [7, 11) is 1.76. The molecule has 3 heteroatoms. The van der Waals surface area contributed by atoms with E-state index in [1.807, 2.05) is 30.5 Å². The van der Waals surface area contributed by atoms with E-state index in [9.17, 15) is 4.39 Å². The first-order valence-electron chi connectivity index (χ1n) is 4.58. The topological polar surface area (TPSA) is 12.0 Å². The van der Waals surface area contributed by atoms with E-state index in [1.54, 1.807) is 25.7 Å². The summed E-state index contributed by atoms with van der Waals surface area (Å²) in [4.78, 5) is 1.16. The second-order valence-corrected chi connectivity index (χ2v) is 4.34. The van der Waals surface area contributed by atoms with Crippen LogP contribution in [0.3, 0.4) is 0 Å². The summed E-state index contributed by atoms with van der Waals surface area (Å²) in [6.07, 6.45) is 2.01. The predicted octanol–water partition coefficient (Wildman–Crippen LogP) is 2.81. The summed E-state index contributed by atoms with van der Waals surface area (Å²) in [5, 5.41) is 2.85. The first kappa shape index (κ1) is 11.5. The Bertz CT molecular complexity index is 282. The van der Waals surface area contributed by atoms with Crippen LogP contribution in [0.4, 0.5) is 4.39 Å². The number of hydrogen-bond donors (Lipinski definition) is 1. The van der Waals surface area contributed by atoms with E-state index in [2.05, 4.69) is 5.32 Å². The van der Waals surface area contributed by atoms with Gasteiger partial charge in [-0.2, -0.15) is 0 Å². The molecule has 78 valence electrons. The molecule has 1 nitrogen and oxygen atoms in total. The number of hydrogen-bond acceptors (Lipinski definition) is 2. The molecule has 0 saturated heterocycles. The van der Waals surface area contributed by atoms with Gasteiger partial charge < -0.3 is 5.32 Å². The van der Waals surface area contributed by atoms with Crippen molar-refractivity contribution >= 4 is 11.8 Å². The Hall–Kier alpha value is -0.540. The lowest BCUT2D eigenvalue weighted by Gasteiger charge is -2.20. The lowest BCUT2D eigenvalue weighted by atomic mass is 9.98. The molecule has 0 aliphatic carbocycles. The predicted molar refractivity (Wildman–Crippen MR) is 60.6 cm³/mol. The van der Waals surface area contributed by atoms with Crippen molar-refractivity contribution < 1.29 is 4.39 Å². The molecule has 0 radical (unpaired) electrons. The highest BCUT2D eigenvalue weighted by Gasteiger charge is 2.24. The van der Waals surface area contributed by atoms with Crippen LogP contribution in [0.5, 0.6) is 0 Å². The average molecular weight is 213 g/mol. The molecule has 1 unspecified atom stereocenters. The van der Waals surface area contributed by atoms with Crippen molar-refractivity contribution in [3.8, 4) is 0 Å². The molecular weight excluding hydrogens is 197 g/mol. The van der Waals surface area contributed by atoms with Gasteiger partial charge in [0.05, 0.1) is 0 Å². The first-order valence-corrected chi connectivity index (χ1v) is 5.80. The molecule has 0 aliphatic heterocycles. The van der Waals surface area contributed by atoms with Crippen molar-refractivity contribution in [2.45, 2.75) is 17.5 Å². The minimum atomic E-state index is -1.29. The third-order valence-electron chi connectivity index (χ3n) is 2.20. The largest absolute Gasteiger partial charge is 0.316 e. The summed E-state index contributed by atoms with van der Waals surface area (Å²) in [6.45, 7) is 1.93. The molecule has 1 N–H and O–H groups in total. The van der Waals surface area contributed by atoms with E-state index in [0.29, 0.717) is 6.54 Å². The van der Waals surface area contributed by atoms with Gasteiger partial charge in [0.2, 0.25) is 0 Å². The Kier molecular flexibility index (Phi) is 3.96. The Morgan fingerprint density at radius 3 is 2.36 bits per heavy atom. The van der Waals surface area contributed by atoms with Crippen LogP contribution < -0.4 is 5.32 Å². The highest BCUT2D eigenvalue weighted by molar-refractivity contribution is 7.98. The summed E-state index contributed by atoms with van der Waals surface area (Å²) >= 11 is 1.66. The standard InChI is InChI=1S/C11H16FNS/c1-11(12,8-13-2)9-4-6-10(14-3)7-5-9/h4-7,13H,8H2,1-3H3. The maximum absolute atomic E-state index is 14.0. The maximum Gasteiger partial charge on any atom is 0.145 e. The molecule has 0 spiro atoms. The van der Waals surface area contributed by atoms with Gasteiger partial charge in [-0.1, -0.05) is 12.1 Å². The first-order chi connectivity index (χ1) is 6.60. The van der Waals surface area contributed by atoms with Gasteiger partial charge in [-0.25, -0.2) is 4.39 Å². The Balaban J connectivity index is 2.85. The number of nitrogens with one attached hydrogen (secondary N) is 1. The van der Waals surface area contributed by atoms with Crippen molar-refractivity contribution in [3.63, 3.8) is 0 Å². The molecule has 0 amide bonds. The van der Waals surface area contributed by atoms with Gasteiger partial charge in [-0.3, -0.25) is 0 Å². The van der Waals surface area contributed by atoms with Crippen molar-refractivity contribution in [1.82, 2.24) is 5.32 Å². The van der Waals surface area contributed by atoms with Gasteiger partial charge in [0, 0.05) is 11.4 Å². The van der Waals surface area contributed by atoms with Gasteiger partial charge in [-0.15, -0.1) is 11.8 Å². The fourth-order valence-electron chi connectivity index (χ4n) is 1.37. The van der Waals surface area contributed by atoms with Crippen LogP contribution in [-0.4, -0.2) is 19.8 Å². The van der Waals surface area contributed by atoms with E-state index in [4.69, 9.17) is 0 Å². The van der Waals surface area contributed by atoms with Crippen LogP contribution in [0.1, 0.15) is 12.5 Å². The SMILES string of the molecule is CNCC(C)(F)c1ccc(SC)cc1. The monoisotopic (exact) mass is 213 g/mol. The number of alkyl halides is 1. The van der Waals surface area contributed by atoms with Crippen molar-refractivity contribution in [2.24, 2.45) is 0 Å². The molecule has 1 atom stereocenters. The van der Waals surface area contributed by atoms with Crippen molar-refractivity contribution in [2.75, 3.05) is 19.8 Å². The maximum atomic E-state index is 14.0. The number of thioether (sulfide) groups is 1. The molecule has 0 aromatic heterocycles. The Morgan fingerprint density at radius 2 is 1.93 bits per heavy atom. The third kappa shape index (κ3) is 2.72. The molecular formula is C11H16FNS. The van der Waals surface area contributed by atoms with Crippen LogP contribution >= 0.6 is 11.8 Å². The zero-order chi connectivity index (χ0) is 10.6. The minimum absolute atomic E-state index is 0.339. The van der Waals surface area contributed by atoms with Crippen LogP contribution in [0.2, 0.25) is 0 Å². The number of halogens is 1. The van der Waals surface area contributed by atoms with E-state index >= 15 is 0 Å². The van der Waals surface area contributed by atoms with Crippen LogP contribution in [0.25, 0.3) is 0 Å². The molecule has 0 bridgehead atoms. The fourth-order valence-corrected chi connectivity index (χ4v) is 1.78. The van der Waals surface area contributed by atoms with Crippen molar-refractivity contribution in [1.29, 1.82) is 0 Å². The minimum Gasteiger partial charge on any atom is -0.316 e. The molecule has 0 fully saturated rings. The lowest BCUT2D eigenvalue weighted by molar-refractivity contribution is 0.190. The second kappa shape index (κ2) is 4.80. The van der Waals surface area contributed by atoms with E-state index in [-0.39, 0.29) is 0 Å². The van der Waals surface area contributed by atoms with Gasteiger partial charge in [0.1, 0.15) is 5.67 Å². The second-order valence-electron chi connectivity index (χ2n) is 3.46. The molecule has 1 aromatic rings. The average Bonchev–Trinajstić information content (AvgIpc) is 2.18. The van der Waals surface area contributed by atoms with Gasteiger partial charge in [0.25, 0.3) is 0 Å². The fraction of sp³-hybridized carbons (Fsp3) is 0.455. The molecule has 14 heavy (non-hydrogen) atoms. The molecule has 1 rings (SSSR count). The lowest BCUT2D eigenvalue weighted by Crippen LogP contribution is -2.29. The van der Waals surface area contributed by atoms with Crippen LogP contribution in [0.15, 0.2) is 29.2 Å².